The second-order valence-corrected chi connectivity index (χ2v) is 9.39. The SMILES string of the molecule is CC(C)(Cc1ccccc1)NC(=O)CCCN(c1ccccc1F)S(C)(=O)=O. The molecule has 0 fully saturated rings. The molecular formula is C21H27FN2O3S. The lowest BCUT2D eigenvalue weighted by Gasteiger charge is -2.27. The van der Waals surface area contributed by atoms with Crippen LogP contribution in [0.25, 0.3) is 0 Å². The van der Waals surface area contributed by atoms with Crippen LogP contribution in [0.2, 0.25) is 0 Å². The fourth-order valence-corrected chi connectivity index (χ4v) is 4.06. The standard InChI is InChI=1S/C21H27FN2O3S/c1-21(2,16-17-10-5-4-6-11-17)23-20(25)14-9-15-24(28(3,26)27)19-13-8-7-12-18(19)22/h4-8,10-13H,9,14-16H2,1-3H3,(H,23,25). The molecule has 0 aliphatic carbocycles. The van der Waals surface area contributed by atoms with Crippen molar-refractivity contribution in [1.82, 2.24) is 5.32 Å². The molecule has 0 bridgehead atoms. The van der Waals surface area contributed by atoms with Gasteiger partial charge >= 0.3 is 0 Å². The van der Waals surface area contributed by atoms with E-state index in [1.165, 1.54) is 18.2 Å². The Morgan fingerprint density at radius 1 is 1.07 bits per heavy atom. The van der Waals surface area contributed by atoms with Gasteiger partial charge in [-0.2, -0.15) is 0 Å². The lowest BCUT2D eigenvalue weighted by atomic mass is 9.94. The van der Waals surface area contributed by atoms with Gasteiger partial charge in [-0.25, -0.2) is 12.8 Å². The van der Waals surface area contributed by atoms with Crippen LogP contribution in [0.1, 0.15) is 32.3 Å². The highest BCUT2D eigenvalue weighted by Gasteiger charge is 2.23. The van der Waals surface area contributed by atoms with Crippen molar-refractivity contribution in [2.24, 2.45) is 0 Å². The molecule has 0 saturated carbocycles. The summed E-state index contributed by atoms with van der Waals surface area (Å²) in [4.78, 5) is 12.3. The molecule has 0 aromatic heterocycles. The average molecular weight is 407 g/mol. The van der Waals surface area contributed by atoms with E-state index in [9.17, 15) is 17.6 Å². The second kappa shape index (κ2) is 9.19. The van der Waals surface area contributed by atoms with Gasteiger partial charge in [0.15, 0.2) is 0 Å². The molecule has 0 aliphatic rings. The number of anilines is 1. The van der Waals surface area contributed by atoms with E-state index < -0.39 is 21.4 Å². The molecule has 0 aliphatic heterocycles. The maximum atomic E-state index is 14.0. The molecule has 0 radical (unpaired) electrons. The third kappa shape index (κ3) is 6.64. The van der Waals surface area contributed by atoms with Gasteiger partial charge in [-0.15, -0.1) is 0 Å². The minimum absolute atomic E-state index is 0.00480. The van der Waals surface area contributed by atoms with Gasteiger partial charge < -0.3 is 5.32 Å². The first-order valence-corrected chi connectivity index (χ1v) is 11.0. The molecule has 2 aromatic carbocycles. The molecular weight excluding hydrogens is 379 g/mol. The first kappa shape index (κ1) is 21.9. The topological polar surface area (TPSA) is 66.5 Å². The van der Waals surface area contributed by atoms with Crippen molar-refractivity contribution in [2.45, 2.75) is 38.6 Å². The Labute approximate surface area is 166 Å². The second-order valence-electron chi connectivity index (χ2n) is 7.48. The molecule has 0 atom stereocenters. The number of nitrogens with one attached hydrogen (secondary N) is 1. The average Bonchev–Trinajstić information content (AvgIpc) is 2.58. The van der Waals surface area contributed by atoms with Gasteiger partial charge in [-0.3, -0.25) is 9.10 Å². The molecule has 1 amide bonds. The smallest absolute Gasteiger partial charge is 0.232 e. The summed E-state index contributed by atoms with van der Waals surface area (Å²) in [7, 11) is -3.65. The number of hydrogen-bond donors (Lipinski definition) is 1. The highest BCUT2D eigenvalue weighted by Crippen LogP contribution is 2.22. The van der Waals surface area contributed by atoms with E-state index in [-0.39, 0.29) is 31.0 Å². The van der Waals surface area contributed by atoms with Crippen LogP contribution in [0, 0.1) is 5.82 Å². The Morgan fingerprint density at radius 3 is 2.29 bits per heavy atom. The minimum Gasteiger partial charge on any atom is -0.351 e. The van der Waals surface area contributed by atoms with Crippen molar-refractivity contribution in [2.75, 3.05) is 17.1 Å². The van der Waals surface area contributed by atoms with Crippen LogP contribution < -0.4 is 9.62 Å². The summed E-state index contributed by atoms with van der Waals surface area (Å²) in [6.45, 7) is 3.92. The molecule has 2 aromatic rings. The molecule has 7 heteroatoms. The number of para-hydroxylation sites is 1. The van der Waals surface area contributed by atoms with E-state index in [1.54, 1.807) is 6.07 Å². The Kier molecular flexibility index (Phi) is 7.18. The third-order valence-corrected chi connectivity index (χ3v) is 5.43. The van der Waals surface area contributed by atoms with Crippen LogP contribution >= 0.6 is 0 Å². The number of carbonyl (C=O) groups is 1. The monoisotopic (exact) mass is 406 g/mol. The number of hydrogen-bond acceptors (Lipinski definition) is 3. The summed E-state index contributed by atoms with van der Waals surface area (Å²) in [6.07, 6.45) is 2.15. The fraction of sp³-hybridized carbons (Fsp3) is 0.381. The molecule has 0 spiro atoms. The minimum atomic E-state index is -3.65. The molecule has 152 valence electrons. The van der Waals surface area contributed by atoms with Gasteiger partial charge in [0.2, 0.25) is 15.9 Å². The number of sulfonamides is 1. The lowest BCUT2D eigenvalue weighted by molar-refractivity contribution is -0.122. The normalized spacial score (nSPS) is 11.9. The number of carbonyl (C=O) groups excluding carboxylic acids is 1. The number of benzene rings is 2. The molecule has 0 unspecified atom stereocenters. The summed E-state index contributed by atoms with van der Waals surface area (Å²) >= 11 is 0. The van der Waals surface area contributed by atoms with Crippen LogP contribution in [0.15, 0.2) is 54.6 Å². The molecule has 5 nitrogen and oxygen atoms in total. The summed E-state index contributed by atoms with van der Waals surface area (Å²) in [5.74, 6) is -0.774. The maximum absolute atomic E-state index is 14.0. The summed E-state index contributed by atoms with van der Waals surface area (Å²) in [5.41, 5.74) is 0.686. The maximum Gasteiger partial charge on any atom is 0.232 e. The summed E-state index contributed by atoms with van der Waals surface area (Å²) in [5, 5.41) is 2.99. The number of halogens is 1. The largest absolute Gasteiger partial charge is 0.351 e. The van der Waals surface area contributed by atoms with Crippen molar-refractivity contribution in [3.63, 3.8) is 0 Å². The fourth-order valence-electron chi connectivity index (χ4n) is 3.09. The molecule has 28 heavy (non-hydrogen) atoms. The van der Waals surface area contributed by atoms with E-state index in [0.717, 1.165) is 16.1 Å². The van der Waals surface area contributed by atoms with Gasteiger partial charge in [0, 0.05) is 18.5 Å². The van der Waals surface area contributed by atoms with Crippen molar-refractivity contribution < 1.29 is 17.6 Å². The highest BCUT2D eigenvalue weighted by atomic mass is 32.2. The summed E-state index contributed by atoms with van der Waals surface area (Å²) in [6, 6.07) is 15.6. The van der Waals surface area contributed by atoms with Crippen LogP contribution in [-0.2, 0) is 21.2 Å². The van der Waals surface area contributed by atoms with E-state index >= 15 is 0 Å². The first-order chi connectivity index (χ1) is 13.1. The van der Waals surface area contributed by atoms with Crippen LogP contribution in [-0.4, -0.2) is 32.7 Å². The van der Waals surface area contributed by atoms with Gasteiger partial charge in [0.25, 0.3) is 0 Å². The predicted octanol–water partition coefficient (Wildman–Crippen LogP) is 3.51. The van der Waals surface area contributed by atoms with Gasteiger partial charge in [-0.05, 0) is 44.4 Å². The highest BCUT2D eigenvalue weighted by molar-refractivity contribution is 7.92. The van der Waals surface area contributed by atoms with E-state index in [2.05, 4.69) is 5.32 Å². The van der Waals surface area contributed by atoms with Crippen molar-refractivity contribution >= 4 is 21.6 Å². The number of rotatable bonds is 9. The van der Waals surface area contributed by atoms with Crippen LogP contribution in [0.4, 0.5) is 10.1 Å². The third-order valence-electron chi connectivity index (χ3n) is 4.25. The van der Waals surface area contributed by atoms with Gasteiger partial charge in [-0.1, -0.05) is 42.5 Å². The zero-order chi connectivity index (χ0) is 20.8. The van der Waals surface area contributed by atoms with Crippen molar-refractivity contribution in [1.29, 1.82) is 0 Å². The Morgan fingerprint density at radius 2 is 1.68 bits per heavy atom. The Hall–Kier alpha value is -2.41. The number of nitrogens with zero attached hydrogens (tertiary/aromatic N) is 1. The Bertz CT molecular complexity index is 899. The Balaban J connectivity index is 1.93. The quantitative estimate of drug-likeness (QED) is 0.693. The van der Waals surface area contributed by atoms with Gasteiger partial charge in [0.1, 0.15) is 5.82 Å². The van der Waals surface area contributed by atoms with Crippen molar-refractivity contribution in [3.05, 3.63) is 66.0 Å². The first-order valence-electron chi connectivity index (χ1n) is 9.16. The zero-order valence-electron chi connectivity index (χ0n) is 16.5. The van der Waals surface area contributed by atoms with E-state index in [1.807, 2.05) is 44.2 Å². The lowest BCUT2D eigenvalue weighted by Crippen LogP contribution is -2.45. The zero-order valence-corrected chi connectivity index (χ0v) is 17.3. The summed E-state index contributed by atoms with van der Waals surface area (Å²) < 4.78 is 39.1. The number of amides is 1. The van der Waals surface area contributed by atoms with Crippen LogP contribution in [0.3, 0.4) is 0 Å². The van der Waals surface area contributed by atoms with Crippen molar-refractivity contribution in [3.8, 4) is 0 Å². The van der Waals surface area contributed by atoms with E-state index in [0.29, 0.717) is 6.42 Å². The predicted molar refractivity (Wildman–Crippen MR) is 110 cm³/mol. The van der Waals surface area contributed by atoms with Gasteiger partial charge in [0.05, 0.1) is 11.9 Å². The molecule has 1 N–H and O–H groups in total. The van der Waals surface area contributed by atoms with Crippen LogP contribution in [0.5, 0.6) is 0 Å². The molecule has 0 saturated heterocycles. The molecule has 0 heterocycles. The van der Waals surface area contributed by atoms with E-state index in [4.69, 9.17) is 0 Å². The molecule has 2 rings (SSSR count).